The molecule has 2 aliphatic rings. The first-order valence-corrected chi connectivity index (χ1v) is 27.6. The quantitative estimate of drug-likeness (QED) is 0.110. The first kappa shape index (κ1) is 56.9. The smallest absolute Gasteiger partial charge is 0.270 e. The molecular weight excluding hydrogens is 1010 g/mol. The minimum Gasteiger partial charge on any atom is -0.497 e. The van der Waals surface area contributed by atoms with Gasteiger partial charge in [-0.05, 0) is 161 Å². The molecule has 2 aliphatic heterocycles. The third-order valence-electron chi connectivity index (χ3n) is 14.8. The van der Waals surface area contributed by atoms with E-state index in [1.807, 2.05) is 82.6 Å². The molecule has 0 aliphatic carbocycles. The van der Waals surface area contributed by atoms with Gasteiger partial charge in [0.15, 0.2) is 0 Å². The summed E-state index contributed by atoms with van der Waals surface area (Å²) in [4.78, 5) is 34.2. The number of aryl methyl sites for hydroxylation is 2. The molecule has 2 aromatic heterocycles. The SMILES string of the molecule is C.CCN(CC1CCCN(c2ccccc2C)C1)C(=O)c1cc2ccccc2n1Cc1ccc(OC)cc1.CCN(CC1CCCNC1)C(=O)c1cc2ccccc2n1Cc1ccc(OC)cc1.Cc1ccccc1Br. The van der Waals surface area contributed by atoms with Crippen LogP contribution in [0.25, 0.3) is 21.8 Å². The molecule has 6 aromatic carbocycles. The van der Waals surface area contributed by atoms with Crippen LogP contribution in [-0.2, 0) is 13.1 Å². The van der Waals surface area contributed by atoms with Gasteiger partial charge in [-0.2, -0.15) is 0 Å². The molecule has 2 saturated heterocycles. The van der Waals surface area contributed by atoms with Crippen molar-refractivity contribution in [1.29, 1.82) is 0 Å². The van der Waals surface area contributed by atoms with E-state index in [9.17, 15) is 9.59 Å². The molecule has 2 atom stereocenters. The van der Waals surface area contributed by atoms with E-state index in [0.717, 1.165) is 114 Å². The Kier molecular flexibility index (Phi) is 20.8. The zero-order valence-electron chi connectivity index (χ0n) is 44.8. The molecule has 4 heterocycles. The average Bonchev–Trinajstić information content (AvgIpc) is 4.01. The third kappa shape index (κ3) is 14.4. The van der Waals surface area contributed by atoms with E-state index in [-0.39, 0.29) is 19.2 Å². The number of ether oxygens (including phenoxy) is 2. The molecule has 0 radical (unpaired) electrons. The van der Waals surface area contributed by atoms with E-state index in [4.69, 9.17) is 9.47 Å². The number of fused-ring (bicyclic) bond motifs is 2. The van der Waals surface area contributed by atoms with Gasteiger partial charge in [-0.1, -0.05) is 120 Å². The predicted molar refractivity (Wildman–Crippen MR) is 319 cm³/mol. The zero-order valence-corrected chi connectivity index (χ0v) is 46.4. The fourth-order valence-corrected chi connectivity index (χ4v) is 10.9. The van der Waals surface area contributed by atoms with Gasteiger partial charge in [-0.25, -0.2) is 0 Å². The summed E-state index contributed by atoms with van der Waals surface area (Å²) in [6.07, 6.45) is 4.68. The molecule has 10 nitrogen and oxygen atoms in total. The third-order valence-corrected chi connectivity index (χ3v) is 15.7. The Morgan fingerprint density at radius 3 is 1.54 bits per heavy atom. The summed E-state index contributed by atoms with van der Waals surface area (Å²) in [5, 5.41) is 5.66. The van der Waals surface area contributed by atoms with Crippen molar-refractivity contribution in [3.63, 3.8) is 0 Å². The molecule has 2 amide bonds. The van der Waals surface area contributed by atoms with Gasteiger partial charge in [0.2, 0.25) is 0 Å². The molecule has 400 valence electrons. The monoisotopic (exact) mass is 1090 g/mol. The van der Waals surface area contributed by atoms with Crippen LogP contribution >= 0.6 is 15.9 Å². The number of carbonyl (C=O) groups is 2. The van der Waals surface area contributed by atoms with Crippen LogP contribution in [0.4, 0.5) is 5.69 Å². The van der Waals surface area contributed by atoms with E-state index in [0.29, 0.717) is 31.5 Å². The topological polar surface area (TPSA) is 84.2 Å². The summed E-state index contributed by atoms with van der Waals surface area (Å²) in [5.74, 6) is 2.89. The Morgan fingerprint density at radius 2 is 1.08 bits per heavy atom. The van der Waals surface area contributed by atoms with Crippen LogP contribution in [0, 0.1) is 25.7 Å². The van der Waals surface area contributed by atoms with E-state index < -0.39 is 0 Å². The lowest BCUT2D eigenvalue weighted by atomic mass is 9.96. The molecule has 0 saturated carbocycles. The van der Waals surface area contributed by atoms with Crippen LogP contribution in [-0.4, -0.2) is 97.3 Å². The number of nitrogens with zero attached hydrogens (tertiary/aromatic N) is 5. The number of methoxy groups -OCH3 is 2. The zero-order chi connectivity index (χ0) is 52.7. The molecule has 0 spiro atoms. The molecule has 10 rings (SSSR count). The van der Waals surface area contributed by atoms with Crippen molar-refractivity contribution < 1.29 is 19.1 Å². The van der Waals surface area contributed by atoms with Crippen LogP contribution in [0.3, 0.4) is 0 Å². The molecule has 1 N–H and O–H groups in total. The molecule has 2 fully saturated rings. The predicted octanol–water partition coefficient (Wildman–Crippen LogP) is 13.9. The molecule has 11 heteroatoms. The first-order valence-electron chi connectivity index (χ1n) is 26.8. The summed E-state index contributed by atoms with van der Waals surface area (Å²) in [6, 6.07) is 53.5. The van der Waals surface area contributed by atoms with E-state index in [1.165, 1.54) is 34.1 Å². The maximum atomic E-state index is 14.0. The number of carbonyl (C=O) groups excluding carboxylic acids is 2. The lowest BCUT2D eigenvalue weighted by molar-refractivity contribution is 0.0713. The van der Waals surface area contributed by atoms with Crippen LogP contribution in [0.2, 0.25) is 0 Å². The Hall–Kier alpha value is -6.82. The number of halogens is 1. The van der Waals surface area contributed by atoms with Crippen molar-refractivity contribution in [3.05, 3.63) is 196 Å². The van der Waals surface area contributed by atoms with Crippen LogP contribution in [0.15, 0.2) is 162 Å². The lowest BCUT2D eigenvalue weighted by Gasteiger charge is -2.37. The maximum Gasteiger partial charge on any atom is 0.270 e. The highest BCUT2D eigenvalue weighted by molar-refractivity contribution is 9.10. The maximum absolute atomic E-state index is 14.0. The highest BCUT2D eigenvalue weighted by Crippen LogP contribution is 2.29. The van der Waals surface area contributed by atoms with E-state index in [1.54, 1.807) is 14.2 Å². The molecule has 2 unspecified atom stereocenters. The van der Waals surface area contributed by atoms with Crippen molar-refractivity contribution in [1.82, 2.24) is 24.3 Å². The fourth-order valence-electron chi connectivity index (χ4n) is 10.6. The number of rotatable bonds is 15. The van der Waals surface area contributed by atoms with Gasteiger partial charge in [0, 0.05) is 84.3 Å². The summed E-state index contributed by atoms with van der Waals surface area (Å²) in [5.41, 5.74) is 9.89. The van der Waals surface area contributed by atoms with Crippen molar-refractivity contribution >= 4 is 55.2 Å². The van der Waals surface area contributed by atoms with Crippen molar-refractivity contribution in [2.24, 2.45) is 11.8 Å². The normalized spacial score (nSPS) is 15.1. The number of piperidine rings is 2. The Balaban J connectivity index is 0.000000193. The van der Waals surface area contributed by atoms with Gasteiger partial charge in [-0.3, -0.25) is 9.59 Å². The van der Waals surface area contributed by atoms with Crippen molar-refractivity contribution in [2.75, 3.05) is 71.5 Å². The van der Waals surface area contributed by atoms with E-state index >= 15 is 0 Å². The molecule has 8 aromatic rings. The number of aromatic nitrogens is 2. The highest BCUT2D eigenvalue weighted by Gasteiger charge is 2.28. The van der Waals surface area contributed by atoms with E-state index in [2.05, 4.69) is 148 Å². The molecular formula is C65H79BrN6O4. The Morgan fingerprint density at radius 1 is 0.605 bits per heavy atom. The van der Waals surface area contributed by atoms with Gasteiger partial charge in [0.25, 0.3) is 11.8 Å². The van der Waals surface area contributed by atoms with Crippen LogP contribution in [0.5, 0.6) is 11.5 Å². The summed E-state index contributed by atoms with van der Waals surface area (Å²) < 4.78 is 16.1. The van der Waals surface area contributed by atoms with Crippen LogP contribution < -0.4 is 19.7 Å². The summed E-state index contributed by atoms with van der Waals surface area (Å²) in [6.45, 7) is 16.9. The fraction of sp³-hybridized carbons (Fsp3) is 0.354. The Labute approximate surface area is 460 Å². The second-order valence-electron chi connectivity index (χ2n) is 19.9. The summed E-state index contributed by atoms with van der Waals surface area (Å²) >= 11 is 3.40. The number of hydrogen-bond acceptors (Lipinski definition) is 6. The minimum atomic E-state index is 0. The van der Waals surface area contributed by atoms with Crippen molar-refractivity contribution in [3.8, 4) is 11.5 Å². The number of amides is 2. The van der Waals surface area contributed by atoms with Gasteiger partial charge < -0.3 is 38.6 Å². The minimum absolute atomic E-state index is 0. The van der Waals surface area contributed by atoms with Crippen LogP contribution in [0.1, 0.15) is 90.2 Å². The van der Waals surface area contributed by atoms with Gasteiger partial charge in [0.1, 0.15) is 22.9 Å². The average molecular weight is 1090 g/mol. The number of benzene rings is 6. The van der Waals surface area contributed by atoms with Gasteiger partial charge >= 0.3 is 0 Å². The second kappa shape index (κ2) is 27.8. The lowest BCUT2D eigenvalue weighted by Crippen LogP contribution is -2.43. The second-order valence-corrected chi connectivity index (χ2v) is 20.8. The largest absolute Gasteiger partial charge is 0.497 e. The number of nitrogens with one attached hydrogen (secondary N) is 1. The van der Waals surface area contributed by atoms with Gasteiger partial charge in [0.05, 0.1) is 14.2 Å². The summed E-state index contributed by atoms with van der Waals surface area (Å²) in [7, 11) is 3.35. The number of anilines is 1. The van der Waals surface area contributed by atoms with Gasteiger partial charge in [-0.15, -0.1) is 0 Å². The molecule has 76 heavy (non-hydrogen) atoms. The molecule has 0 bridgehead atoms. The highest BCUT2D eigenvalue weighted by atomic mass is 79.9. The first-order chi connectivity index (χ1) is 36.6. The standard InChI is InChI=1S/C32H37N3O2.C25H31N3O2.C7H7Br.CH4/c1-4-33(21-26-11-9-19-34(22-26)29-13-7-5-10-24(29)2)32(36)31-20-27-12-6-8-14-30(27)35(31)23-25-15-17-28(37-3)18-16-25;1-3-27(17-20-7-6-14-26-16-20)25(29)24-15-21-8-4-5-9-23(21)28(24)18-19-10-12-22(30-2)13-11-19;1-6-4-2-3-5-7(6)8;/h5-8,10,12-18,20,26H,4,9,11,19,21-23H2,1-3H3;4-5,8-13,15,20,26H,3,6-7,14,16-18H2,1-2H3;2-5H,1H3;1H4. The number of hydrogen-bond donors (Lipinski definition) is 1. The Bertz CT molecular complexity index is 3080. The van der Waals surface area contributed by atoms with Crippen molar-refractivity contribution in [2.45, 2.75) is 73.9 Å². The number of para-hydroxylation sites is 3.